The Kier molecular flexibility index (Phi) is 6.30. The molecule has 25 heavy (non-hydrogen) atoms. The molecule has 6 nitrogen and oxygen atoms in total. The Morgan fingerprint density at radius 1 is 1.28 bits per heavy atom. The molecule has 3 N–H and O–H groups in total. The monoisotopic (exact) mass is 366 g/mol. The van der Waals surface area contributed by atoms with Crippen LogP contribution in [0.5, 0.6) is 0 Å². The maximum Gasteiger partial charge on any atom is 0.321 e. The van der Waals surface area contributed by atoms with E-state index in [1.54, 1.807) is 14.1 Å². The molecule has 0 aromatic heterocycles. The summed E-state index contributed by atoms with van der Waals surface area (Å²) in [6.07, 6.45) is 3.24. The van der Waals surface area contributed by atoms with Crippen molar-refractivity contribution in [3.63, 3.8) is 0 Å². The van der Waals surface area contributed by atoms with E-state index in [2.05, 4.69) is 16.0 Å². The molecule has 2 fully saturated rings. The summed E-state index contributed by atoms with van der Waals surface area (Å²) in [7, 11) is 3.40. The Morgan fingerprint density at radius 3 is 2.68 bits per heavy atom. The molecule has 1 heterocycles. The second-order valence-electron chi connectivity index (χ2n) is 7.11. The van der Waals surface area contributed by atoms with Crippen LogP contribution < -0.4 is 16.0 Å². The smallest absolute Gasteiger partial charge is 0.321 e. The van der Waals surface area contributed by atoms with Gasteiger partial charge in [0.1, 0.15) is 0 Å². The first-order valence-corrected chi connectivity index (χ1v) is 8.56. The van der Waals surface area contributed by atoms with Gasteiger partial charge in [-0.1, -0.05) is 12.1 Å². The summed E-state index contributed by atoms with van der Waals surface area (Å²) in [6, 6.07) is 7.42. The van der Waals surface area contributed by atoms with E-state index in [0.717, 1.165) is 43.6 Å². The molecule has 138 valence electrons. The van der Waals surface area contributed by atoms with Gasteiger partial charge in [0.05, 0.1) is 0 Å². The van der Waals surface area contributed by atoms with Gasteiger partial charge in [-0.15, -0.1) is 12.4 Å². The van der Waals surface area contributed by atoms with Crippen LogP contribution in [0.4, 0.5) is 10.5 Å². The van der Waals surface area contributed by atoms with Crippen LogP contribution in [-0.2, 0) is 11.3 Å². The lowest BCUT2D eigenvalue weighted by Crippen LogP contribution is -2.33. The fraction of sp³-hybridized carbons (Fsp3) is 0.556. The minimum atomic E-state index is -0.165. The third kappa shape index (κ3) is 4.64. The van der Waals surface area contributed by atoms with Crippen LogP contribution in [0.2, 0.25) is 0 Å². The van der Waals surface area contributed by atoms with Crippen molar-refractivity contribution in [2.45, 2.75) is 25.8 Å². The van der Waals surface area contributed by atoms with Crippen LogP contribution in [0.25, 0.3) is 0 Å². The highest BCUT2D eigenvalue weighted by Crippen LogP contribution is 2.58. The fourth-order valence-corrected chi connectivity index (χ4v) is 3.50. The molecule has 0 radical (unpaired) electrons. The zero-order valence-electron chi connectivity index (χ0n) is 14.8. The Hall–Kier alpha value is -1.79. The van der Waals surface area contributed by atoms with Crippen molar-refractivity contribution in [3.8, 4) is 0 Å². The molecule has 1 unspecified atom stereocenters. The number of nitrogens with zero attached hydrogens (tertiary/aromatic N) is 1. The van der Waals surface area contributed by atoms with E-state index in [-0.39, 0.29) is 35.7 Å². The predicted molar refractivity (Wildman–Crippen MR) is 101 cm³/mol. The van der Waals surface area contributed by atoms with Crippen molar-refractivity contribution in [1.29, 1.82) is 0 Å². The predicted octanol–water partition coefficient (Wildman–Crippen LogP) is 2.21. The van der Waals surface area contributed by atoms with Crippen molar-refractivity contribution in [3.05, 3.63) is 29.8 Å². The van der Waals surface area contributed by atoms with Crippen molar-refractivity contribution in [2.24, 2.45) is 11.3 Å². The third-order valence-corrected chi connectivity index (χ3v) is 5.16. The highest BCUT2D eigenvalue weighted by molar-refractivity contribution is 5.89. The molecule has 1 saturated carbocycles. The fourth-order valence-electron chi connectivity index (χ4n) is 3.50. The largest absolute Gasteiger partial charge is 0.352 e. The Balaban J connectivity index is 0.00000225. The molecule has 1 spiro atoms. The molecule has 1 aromatic carbocycles. The molecule has 1 atom stereocenters. The van der Waals surface area contributed by atoms with Gasteiger partial charge in [0.2, 0.25) is 5.91 Å². The summed E-state index contributed by atoms with van der Waals surface area (Å²) in [5.74, 6) is 0.343. The first kappa shape index (κ1) is 19.5. The average molecular weight is 367 g/mol. The highest BCUT2D eigenvalue weighted by Gasteiger charge is 2.57. The summed E-state index contributed by atoms with van der Waals surface area (Å²) < 4.78 is 0. The normalized spacial score (nSPS) is 20.3. The number of nitrogens with one attached hydrogen (secondary N) is 3. The Bertz CT molecular complexity index is 629. The van der Waals surface area contributed by atoms with E-state index in [1.807, 2.05) is 24.3 Å². The van der Waals surface area contributed by atoms with Crippen LogP contribution >= 0.6 is 12.4 Å². The zero-order valence-corrected chi connectivity index (χ0v) is 15.6. The van der Waals surface area contributed by atoms with Gasteiger partial charge >= 0.3 is 6.03 Å². The van der Waals surface area contributed by atoms with Crippen LogP contribution in [0.15, 0.2) is 24.3 Å². The van der Waals surface area contributed by atoms with E-state index in [9.17, 15) is 9.59 Å². The summed E-state index contributed by atoms with van der Waals surface area (Å²) in [4.78, 5) is 25.6. The van der Waals surface area contributed by atoms with E-state index in [1.165, 1.54) is 4.90 Å². The van der Waals surface area contributed by atoms with Crippen molar-refractivity contribution < 1.29 is 9.59 Å². The lowest BCUT2D eigenvalue weighted by Gasteiger charge is -2.23. The van der Waals surface area contributed by atoms with Gasteiger partial charge in [0.25, 0.3) is 0 Å². The van der Waals surface area contributed by atoms with Gasteiger partial charge in [0, 0.05) is 32.2 Å². The molecule has 1 aromatic rings. The molecule has 7 heteroatoms. The van der Waals surface area contributed by atoms with E-state index < -0.39 is 0 Å². The number of anilines is 1. The minimum absolute atomic E-state index is 0. The molecule has 1 aliphatic heterocycles. The highest BCUT2D eigenvalue weighted by atomic mass is 35.5. The number of amides is 3. The van der Waals surface area contributed by atoms with Crippen LogP contribution in [0, 0.1) is 11.3 Å². The molecule has 3 rings (SSSR count). The van der Waals surface area contributed by atoms with Crippen LogP contribution in [-0.4, -0.2) is 44.0 Å². The molecular weight excluding hydrogens is 340 g/mol. The second-order valence-corrected chi connectivity index (χ2v) is 7.11. The first-order chi connectivity index (χ1) is 11.5. The van der Waals surface area contributed by atoms with Crippen molar-refractivity contribution >= 4 is 30.0 Å². The van der Waals surface area contributed by atoms with Gasteiger partial charge in [0.15, 0.2) is 0 Å². The number of halogens is 1. The Labute approximate surface area is 155 Å². The zero-order chi connectivity index (χ0) is 17.2. The molecular formula is C18H27ClN4O2. The lowest BCUT2D eigenvalue weighted by molar-refractivity contribution is -0.123. The standard InChI is InChI=1S/C18H26N4O2.ClH/c1-22(2)17(24)21-14-5-3-4-13(10-14)12-20-16(23)15-11-18(15)6-8-19-9-7-18;/h3-5,10,15,19H,6-9,11-12H2,1-2H3,(H,20,23)(H,21,24);1H. The van der Waals surface area contributed by atoms with Crippen molar-refractivity contribution in [2.75, 3.05) is 32.5 Å². The number of hydrogen-bond acceptors (Lipinski definition) is 3. The van der Waals surface area contributed by atoms with Gasteiger partial charge in [-0.3, -0.25) is 4.79 Å². The number of piperidine rings is 1. The minimum Gasteiger partial charge on any atom is -0.352 e. The number of hydrogen-bond donors (Lipinski definition) is 3. The number of rotatable bonds is 4. The topological polar surface area (TPSA) is 73.5 Å². The molecule has 2 aliphatic rings. The number of carbonyl (C=O) groups excluding carboxylic acids is 2. The van der Waals surface area contributed by atoms with Gasteiger partial charge in [-0.05, 0) is 55.5 Å². The number of carbonyl (C=O) groups is 2. The van der Waals surface area contributed by atoms with E-state index in [4.69, 9.17) is 0 Å². The maximum atomic E-state index is 12.4. The van der Waals surface area contributed by atoms with Crippen LogP contribution in [0.1, 0.15) is 24.8 Å². The Morgan fingerprint density at radius 2 is 2.00 bits per heavy atom. The second kappa shape index (κ2) is 8.06. The summed E-state index contributed by atoms with van der Waals surface area (Å²) in [6.45, 7) is 2.55. The average Bonchev–Trinajstić information content (AvgIpc) is 3.26. The molecule has 0 bridgehead atoms. The van der Waals surface area contributed by atoms with Gasteiger partial charge < -0.3 is 20.9 Å². The first-order valence-electron chi connectivity index (χ1n) is 8.56. The summed E-state index contributed by atoms with van der Waals surface area (Å²) in [5.41, 5.74) is 1.98. The summed E-state index contributed by atoms with van der Waals surface area (Å²) in [5, 5.41) is 9.23. The van der Waals surface area contributed by atoms with Crippen molar-refractivity contribution in [1.82, 2.24) is 15.5 Å². The van der Waals surface area contributed by atoms with E-state index in [0.29, 0.717) is 6.54 Å². The number of benzene rings is 1. The van der Waals surface area contributed by atoms with Crippen LogP contribution in [0.3, 0.4) is 0 Å². The van der Waals surface area contributed by atoms with Gasteiger partial charge in [-0.25, -0.2) is 4.79 Å². The third-order valence-electron chi connectivity index (χ3n) is 5.16. The summed E-state index contributed by atoms with van der Waals surface area (Å²) >= 11 is 0. The quantitative estimate of drug-likeness (QED) is 0.764. The molecule has 1 aliphatic carbocycles. The SMILES string of the molecule is CN(C)C(=O)Nc1cccc(CNC(=O)C2CC23CCNCC3)c1.Cl. The molecule has 1 saturated heterocycles. The molecule has 3 amide bonds. The number of urea groups is 1. The van der Waals surface area contributed by atoms with Gasteiger partial charge in [-0.2, -0.15) is 0 Å². The van der Waals surface area contributed by atoms with E-state index >= 15 is 0 Å². The maximum absolute atomic E-state index is 12.4. The lowest BCUT2D eigenvalue weighted by atomic mass is 9.92.